The van der Waals surface area contributed by atoms with Crippen LogP contribution < -0.4 is 5.32 Å². The van der Waals surface area contributed by atoms with Gasteiger partial charge in [-0.2, -0.15) is 0 Å². The molecule has 0 radical (unpaired) electrons. The fourth-order valence-electron chi connectivity index (χ4n) is 2.57. The van der Waals surface area contributed by atoms with Gasteiger partial charge < -0.3 is 10.3 Å². The van der Waals surface area contributed by atoms with E-state index in [1.54, 1.807) is 6.33 Å². The summed E-state index contributed by atoms with van der Waals surface area (Å²) >= 11 is 0. The van der Waals surface area contributed by atoms with Gasteiger partial charge in [0.1, 0.15) is 0 Å². The average molecular weight is 241 g/mol. The summed E-state index contributed by atoms with van der Waals surface area (Å²) in [6.07, 6.45) is 2.84. The Morgan fingerprint density at radius 3 is 2.72 bits per heavy atom. The van der Waals surface area contributed by atoms with E-state index in [9.17, 15) is 0 Å². The predicted molar refractivity (Wildman–Crippen MR) is 72.7 cm³/mol. The minimum absolute atomic E-state index is 0.237. The molecule has 0 aliphatic carbocycles. The molecular weight excluding hydrogens is 222 g/mol. The van der Waals surface area contributed by atoms with Gasteiger partial charge in [-0.05, 0) is 17.0 Å². The summed E-state index contributed by atoms with van der Waals surface area (Å²) in [6.45, 7) is 5.45. The number of imidazole rings is 1. The number of aromatic amines is 1. The third-order valence-corrected chi connectivity index (χ3v) is 3.68. The van der Waals surface area contributed by atoms with Gasteiger partial charge in [-0.25, -0.2) is 4.98 Å². The molecule has 0 unspecified atom stereocenters. The maximum absolute atomic E-state index is 4.45. The van der Waals surface area contributed by atoms with E-state index < -0.39 is 0 Å². The smallest absolute Gasteiger partial charge is 0.0926 e. The van der Waals surface area contributed by atoms with Crippen molar-refractivity contribution in [1.82, 2.24) is 15.3 Å². The minimum atomic E-state index is 0.237. The molecule has 94 valence electrons. The molecule has 2 N–H and O–H groups in total. The Morgan fingerprint density at radius 1 is 1.22 bits per heavy atom. The van der Waals surface area contributed by atoms with Crippen LogP contribution in [0.1, 0.15) is 48.3 Å². The van der Waals surface area contributed by atoms with Crippen molar-refractivity contribution in [3.8, 4) is 0 Å². The summed E-state index contributed by atoms with van der Waals surface area (Å²) in [6, 6.07) is 9.12. The van der Waals surface area contributed by atoms with E-state index in [0.717, 1.165) is 18.7 Å². The fourth-order valence-corrected chi connectivity index (χ4v) is 2.57. The van der Waals surface area contributed by atoms with Crippen LogP contribution >= 0.6 is 0 Å². The van der Waals surface area contributed by atoms with Crippen LogP contribution in [0, 0.1) is 0 Å². The first-order valence-electron chi connectivity index (χ1n) is 6.61. The van der Waals surface area contributed by atoms with Gasteiger partial charge in [-0.1, -0.05) is 38.1 Å². The minimum Gasteiger partial charge on any atom is -0.348 e. The first kappa shape index (κ1) is 11.5. The third kappa shape index (κ3) is 1.95. The zero-order chi connectivity index (χ0) is 12.5. The van der Waals surface area contributed by atoms with Crippen LogP contribution in [-0.4, -0.2) is 16.5 Å². The molecule has 1 aromatic carbocycles. The van der Waals surface area contributed by atoms with Crippen LogP contribution in [0.5, 0.6) is 0 Å². The maximum atomic E-state index is 4.45. The van der Waals surface area contributed by atoms with E-state index in [-0.39, 0.29) is 6.04 Å². The average Bonchev–Trinajstić information content (AvgIpc) is 2.87. The number of H-pyrrole nitrogens is 1. The number of hydrogen-bond acceptors (Lipinski definition) is 2. The molecule has 0 bridgehead atoms. The van der Waals surface area contributed by atoms with Gasteiger partial charge in [0.05, 0.1) is 18.1 Å². The SMILES string of the molecule is CC(C)c1ccc([C@H]2NCCc3[nH]cnc32)cc1. The van der Waals surface area contributed by atoms with E-state index in [1.807, 2.05) is 0 Å². The number of hydrogen-bond donors (Lipinski definition) is 2. The van der Waals surface area contributed by atoms with Crippen molar-refractivity contribution in [1.29, 1.82) is 0 Å². The van der Waals surface area contributed by atoms with E-state index >= 15 is 0 Å². The molecule has 1 atom stereocenters. The molecule has 0 fully saturated rings. The first-order chi connectivity index (χ1) is 8.75. The highest BCUT2D eigenvalue weighted by molar-refractivity contribution is 5.34. The van der Waals surface area contributed by atoms with E-state index in [2.05, 4.69) is 53.4 Å². The summed E-state index contributed by atoms with van der Waals surface area (Å²) in [4.78, 5) is 7.69. The number of benzene rings is 1. The van der Waals surface area contributed by atoms with Gasteiger partial charge >= 0.3 is 0 Å². The first-order valence-corrected chi connectivity index (χ1v) is 6.61. The number of aromatic nitrogens is 2. The summed E-state index contributed by atoms with van der Waals surface area (Å²) in [5, 5.41) is 3.54. The lowest BCUT2D eigenvalue weighted by Gasteiger charge is -2.23. The number of nitrogens with zero attached hydrogens (tertiary/aromatic N) is 1. The van der Waals surface area contributed by atoms with Crippen molar-refractivity contribution in [3.05, 3.63) is 53.1 Å². The van der Waals surface area contributed by atoms with Gasteiger partial charge in [-0.15, -0.1) is 0 Å². The lowest BCUT2D eigenvalue weighted by Crippen LogP contribution is -2.30. The summed E-state index contributed by atoms with van der Waals surface area (Å²) in [7, 11) is 0. The molecule has 0 saturated carbocycles. The zero-order valence-electron chi connectivity index (χ0n) is 10.9. The number of fused-ring (bicyclic) bond motifs is 1. The molecule has 3 rings (SSSR count). The van der Waals surface area contributed by atoms with E-state index in [0.29, 0.717) is 5.92 Å². The predicted octanol–water partition coefficient (Wildman–Crippen LogP) is 2.77. The molecule has 2 heterocycles. The van der Waals surface area contributed by atoms with Crippen LogP contribution in [0.4, 0.5) is 0 Å². The number of nitrogens with one attached hydrogen (secondary N) is 2. The Kier molecular flexibility index (Phi) is 2.92. The molecule has 1 aliphatic heterocycles. The molecule has 2 aromatic rings. The van der Waals surface area contributed by atoms with Gasteiger partial charge in [0, 0.05) is 18.7 Å². The Labute approximate surface area is 108 Å². The highest BCUT2D eigenvalue weighted by atomic mass is 15.0. The largest absolute Gasteiger partial charge is 0.348 e. The van der Waals surface area contributed by atoms with Crippen molar-refractivity contribution >= 4 is 0 Å². The van der Waals surface area contributed by atoms with Crippen LogP contribution in [0.25, 0.3) is 0 Å². The van der Waals surface area contributed by atoms with Crippen molar-refractivity contribution in [2.75, 3.05) is 6.54 Å². The van der Waals surface area contributed by atoms with Crippen molar-refractivity contribution in [3.63, 3.8) is 0 Å². The Bertz CT molecular complexity index is 525. The second-order valence-electron chi connectivity index (χ2n) is 5.22. The highest BCUT2D eigenvalue weighted by Crippen LogP contribution is 2.27. The molecule has 1 aromatic heterocycles. The molecule has 0 spiro atoms. The fraction of sp³-hybridized carbons (Fsp3) is 0.400. The summed E-state index contributed by atoms with van der Waals surface area (Å²) < 4.78 is 0. The van der Waals surface area contributed by atoms with Gasteiger partial charge in [0.15, 0.2) is 0 Å². The Morgan fingerprint density at radius 2 is 2.00 bits per heavy atom. The van der Waals surface area contributed by atoms with Crippen LogP contribution in [0.15, 0.2) is 30.6 Å². The third-order valence-electron chi connectivity index (χ3n) is 3.68. The summed E-state index contributed by atoms with van der Waals surface area (Å²) in [5.74, 6) is 0.583. The van der Waals surface area contributed by atoms with Crippen molar-refractivity contribution in [2.24, 2.45) is 0 Å². The van der Waals surface area contributed by atoms with Gasteiger partial charge in [0.2, 0.25) is 0 Å². The molecule has 3 nitrogen and oxygen atoms in total. The van der Waals surface area contributed by atoms with Crippen LogP contribution in [0.3, 0.4) is 0 Å². The Hall–Kier alpha value is -1.61. The lowest BCUT2D eigenvalue weighted by molar-refractivity contribution is 0.553. The molecular formula is C15H19N3. The second-order valence-corrected chi connectivity index (χ2v) is 5.22. The molecule has 18 heavy (non-hydrogen) atoms. The van der Waals surface area contributed by atoms with Gasteiger partial charge in [-0.3, -0.25) is 0 Å². The van der Waals surface area contributed by atoms with Crippen LogP contribution in [-0.2, 0) is 6.42 Å². The monoisotopic (exact) mass is 241 g/mol. The quantitative estimate of drug-likeness (QED) is 0.848. The maximum Gasteiger partial charge on any atom is 0.0926 e. The normalized spacial score (nSPS) is 18.9. The molecule has 0 amide bonds. The highest BCUT2D eigenvalue weighted by Gasteiger charge is 2.23. The number of rotatable bonds is 2. The lowest BCUT2D eigenvalue weighted by atomic mass is 9.95. The van der Waals surface area contributed by atoms with E-state index in [1.165, 1.54) is 16.8 Å². The van der Waals surface area contributed by atoms with Crippen molar-refractivity contribution < 1.29 is 0 Å². The standard InChI is InChI=1S/C15H19N3/c1-10(2)11-3-5-12(6-4-11)14-15-13(7-8-16-14)17-9-18-15/h3-6,9-10,14,16H,7-8H2,1-2H3,(H,17,18)/t14-/m1/s1. The Balaban J connectivity index is 1.92. The summed E-state index contributed by atoms with van der Waals surface area (Å²) in [5.41, 5.74) is 5.11. The zero-order valence-corrected chi connectivity index (χ0v) is 10.9. The molecule has 0 saturated heterocycles. The second kappa shape index (κ2) is 4.58. The van der Waals surface area contributed by atoms with Crippen molar-refractivity contribution in [2.45, 2.75) is 32.2 Å². The van der Waals surface area contributed by atoms with Crippen LogP contribution in [0.2, 0.25) is 0 Å². The van der Waals surface area contributed by atoms with Gasteiger partial charge in [0.25, 0.3) is 0 Å². The molecule has 3 heteroatoms. The molecule has 1 aliphatic rings. The van der Waals surface area contributed by atoms with E-state index in [4.69, 9.17) is 0 Å². The topological polar surface area (TPSA) is 40.7 Å².